The number of ether oxygens (including phenoxy) is 1. The molecule has 1 aromatic carbocycles. The fourth-order valence-electron chi connectivity index (χ4n) is 2.38. The number of benzene rings is 1. The van der Waals surface area contributed by atoms with Crippen LogP contribution in [-0.2, 0) is 17.1 Å². The zero-order chi connectivity index (χ0) is 18.0. The minimum atomic E-state index is -4.04. The second kappa shape index (κ2) is 6.44. The van der Waals surface area contributed by atoms with Gasteiger partial charge in [-0.3, -0.25) is 9.48 Å². The Morgan fingerprint density at radius 3 is 2.60 bits per heavy atom. The van der Waals surface area contributed by atoms with Gasteiger partial charge in [-0.1, -0.05) is 6.07 Å². The van der Waals surface area contributed by atoms with Crippen molar-refractivity contribution < 1.29 is 17.9 Å². The number of rotatable bonds is 5. The Morgan fingerprint density at radius 2 is 1.92 bits per heavy atom. The van der Waals surface area contributed by atoms with Gasteiger partial charge >= 0.3 is 0 Å². The maximum atomic E-state index is 12.5. The van der Waals surface area contributed by atoms with Crippen molar-refractivity contribution in [2.75, 3.05) is 7.11 Å². The number of nitrogens with zero attached hydrogens (tertiary/aromatic N) is 3. The number of aromatic nitrogens is 3. The first kappa shape index (κ1) is 16.8. The van der Waals surface area contributed by atoms with Crippen LogP contribution in [0.4, 0.5) is 0 Å². The number of sulfonamides is 1. The molecule has 2 heterocycles. The Hall–Kier alpha value is -3.07. The van der Waals surface area contributed by atoms with Crippen molar-refractivity contribution in [1.82, 2.24) is 19.1 Å². The molecule has 2 aromatic heterocycles. The number of hydrogen-bond donors (Lipinski definition) is 1. The fraction of sp³-hybridized carbons (Fsp3) is 0.125. The molecule has 0 radical (unpaired) electrons. The molecule has 0 aliphatic carbocycles. The molecule has 0 atom stereocenters. The molecule has 0 aliphatic heterocycles. The lowest BCUT2D eigenvalue weighted by molar-refractivity contribution is 0.0981. The number of aryl methyl sites for hydroxylation is 1. The maximum absolute atomic E-state index is 12.5. The lowest BCUT2D eigenvalue weighted by atomic mass is 10.3. The molecule has 0 saturated carbocycles. The molecule has 0 bridgehead atoms. The highest BCUT2D eigenvalue weighted by Crippen LogP contribution is 2.18. The summed E-state index contributed by atoms with van der Waals surface area (Å²) in [6.45, 7) is 0. The van der Waals surface area contributed by atoms with Gasteiger partial charge in [-0.05, 0) is 24.3 Å². The molecule has 8 nitrogen and oxygen atoms in total. The highest BCUT2D eigenvalue weighted by Gasteiger charge is 2.23. The Bertz CT molecular complexity index is 1010. The van der Waals surface area contributed by atoms with Gasteiger partial charge in [0.2, 0.25) is 0 Å². The van der Waals surface area contributed by atoms with Crippen LogP contribution < -0.4 is 9.46 Å². The van der Waals surface area contributed by atoms with Crippen molar-refractivity contribution in [1.29, 1.82) is 0 Å². The van der Waals surface area contributed by atoms with Crippen LogP contribution in [0.3, 0.4) is 0 Å². The van der Waals surface area contributed by atoms with E-state index in [9.17, 15) is 13.2 Å². The van der Waals surface area contributed by atoms with Crippen molar-refractivity contribution in [3.05, 3.63) is 60.6 Å². The Kier molecular flexibility index (Phi) is 4.32. The van der Waals surface area contributed by atoms with E-state index in [1.807, 2.05) is 0 Å². The summed E-state index contributed by atoms with van der Waals surface area (Å²) in [5.74, 6) is 0.0766. The highest BCUT2D eigenvalue weighted by molar-refractivity contribution is 7.90. The van der Waals surface area contributed by atoms with E-state index in [-0.39, 0.29) is 10.5 Å². The lowest BCUT2D eigenvalue weighted by Crippen LogP contribution is -2.31. The predicted molar refractivity (Wildman–Crippen MR) is 90.2 cm³/mol. The third-order valence-electron chi connectivity index (χ3n) is 3.58. The van der Waals surface area contributed by atoms with Crippen LogP contribution in [0.2, 0.25) is 0 Å². The van der Waals surface area contributed by atoms with Gasteiger partial charge in [0.1, 0.15) is 17.1 Å². The molecule has 0 unspecified atom stereocenters. The van der Waals surface area contributed by atoms with Crippen LogP contribution in [0.1, 0.15) is 10.4 Å². The summed E-state index contributed by atoms with van der Waals surface area (Å²) in [5.41, 5.74) is 0.144. The van der Waals surface area contributed by atoms with Gasteiger partial charge in [0, 0.05) is 25.5 Å². The third-order valence-corrected chi connectivity index (χ3v) is 4.91. The summed E-state index contributed by atoms with van der Waals surface area (Å²) in [4.78, 5) is 12.5. The van der Waals surface area contributed by atoms with Crippen molar-refractivity contribution in [2.24, 2.45) is 7.05 Å². The Balaban J connectivity index is 1.93. The molecule has 1 N–H and O–H groups in total. The molecule has 9 heteroatoms. The van der Waals surface area contributed by atoms with Gasteiger partial charge in [-0.15, -0.1) is 0 Å². The van der Waals surface area contributed by atoms with Crippen LogP contribution in [0.25, 0.3) is 5.82 Å². The Labute approximate surface area is 144 Å². The van der Waals surface area contributed by atoms with E-state index < -0.39 is 15.9 Å². The van der Waals surface area contributed by atoms with Crippen molar-refractivity contribution >= 4 is 15.9 Å². The quantitative estimate of drug-likeness (QED) is 0.741. The van der Waals surface area contributed by atoms with Crippen LogP contribution >= 0.6 is 0 Å². The van der Waals surface area contributed by atoms with E-state index in [1.54, 1.807) is 42.2 Å². The van der Waals surface area contributed by atoms with E-state index in [0.717, 1.165) is 0 Å². The number of nitrogens with one attached hydrogen (secondary N) is 1. The smallest absolute Gasteiger partial charge is 0.270 e. The van der Waals surface area contributed by atoms with Crippen molar-refractivity contribution in [3.63, 3.8) is 0 Å². The maximum Gasteiger partial charge on any atom is 0.270 e. The highest BCUT2D eigenvalue weighted by atomic mass is 32.2. The molecule has 1 amide bonds. The van der Waals surface area contributed by atoms with Crippen LogP contribution in [0, 0.1) is 0 Å². The number of hydrogen-bond acceptors (Lipinski definition) is 5. The zero-order valence-corrected chi connectivity index (χ0v) is 14.4. The molecule has 25 heavy (non-hydrogen) atoms. The number of carbonyl (C=O) groups is 1. The van der Waals surface area contributed by atoms with Crippen molar-refractivity contribution in [3.8, 4) is 11.6 Å². The first-order valence-electron chi connectivity index (χ1n) is 7.29. The van der Waals surface area contributed by atoms with Crippen LogP contribution in [-0.4, -0.2) is 35.8 Å². The lowest BCUT2D eigenvalue weighted by Gasteiger charge is -2.10. The van der Waals surface area contributed by atoms with E-state index >= 15 is 0 Å². The largest absolute Gasteiger partial charge is 0.497 e. The van der Waals surface area contributed by atoms with Gasteiger partial charge in [-0.25, -0.2) is 13.1 Å². The molecule has 0 spiro atoms. The summed E-state index contributed by atoms with van der Waals surface area (Å²) in [7, 11) is -0.939. The van der Waals surface area contributed by atoms with Gasteiger partial charge < -0.3 is 9.30 Å². The molecule has 130 valence electrons. The minimum Gasteiger partial charge on any atom is -0.497 e. The number of methoxy groups -OCH3 is 1. The summed E-state index contributed by atoms with van der Waals surface area (Å²) in [5, 5.41) is 4.04. The summed E-state index contributed by atoms with van der Waals surface area (Å²) >= 11 is 0. The number of carbonyl (C=O) groups excluding carboxylic acids is 1. The monoisotopic (exact) mass is 360 g/mol. The fourth-order valence-corrected chi connectivity index (χ4v) is 3.38. The average Bonchev–Trinajstić information content (AvgIpc) is 3.23. The summed E-state index contributed by atoms with van der Waals surface area (Å²) < 4.78 is 35.2. The average molecular weight is 360 g/mol. The van der Waals surface area contributed by atoms with Gasteiger partial charge in [-0.2, -0.15) is 5.10 Å². The molecule has 3 aromatic rings. The normalized spacial score (nSPS) is 11.3. The van der Waals surface area contributed by atoms with E-state index in [4.69, 9.17) is 4.74 Å². The summed E-state index contributed by atoms with van der Waals surface area (Å²) in [6, 6.07) is 9.46. The standard InChI is InChI=1S/C16H16N4O4S/c1-19-16(20-8-3-4-9-20)14(11-17-19)15(21)18-25(22,23)13-7-5-6-12(10-13)24-2/h3-11H,1-2H3,(H,18,21). The van der Waals surface area contributed by atoms with E-state index in [0.29, 0.717) is 11.6 Å². The van der Waals surface area contributed by atoms with Gasteiger partial charge in [0.15, 0.2) is 0 Å². The van der Waals surface area contributed by atoms with Crippen LogP contribution in [0.15, 0.2) is 59.9 Å². The number of amides is 1. The van der Waals surface area contributed by atoms with E-state index in [1.165, 1.54) is 36.2 Å². The molecular formula is C16H16N4O4S. The second-order valence-electron chi connectivity index (χ2n) is 5.21. The molecule has 0 aliphatic rings. The SMILES string of the molecule is COc1cccc(S(=O)(=O)NC(=O)c2cnn(C)c2-n2cccc2)c1. The minimum absolute atomic E-state index is 0.0633. The third kappa shape index (κ3) is 3.26. The van der Waals surface area contributed by atoms with Gasteiger partial charge in [0.05, 0.1) is 18.2 Å². The Morgan fingerprint density at radius 1 is 1.20 bits per heavy atom. The molecule has 0 fully saturated rings. The van der Waals surface area contributed by atoms with Gasteiger partial charge in [0.25, 0.3) is 15.9 Å². The van der Waals surface area contributed by atoms with Crippen LogP contribution in [0.5, 0.6) is 5.75 Å². The predicted octanol–water partition coefficient (Wildman–Crippen LogP) is 1.34. The first-order valence-corrected chi connectivity index (χ1v) is 8.77. The topological polar surface area (TPSA) is 95.2 Å². The molecule has 3 rings (SSSR count). The zero-order valence-electron chi connectivity index (χ0n) is 13.6. The van der Waals surface area contributed by atoms with Crippen molar-refractivity contribution in [2.45, 2.75) is 4.90 Å². The first-order chi connectivity index (χ1) is 11.9. The second-order valence-corrected chi connectivity index (χ2v) is 6.89. The summed E-state index contributed by atoms with van der Waals surface area (Å²) in [6.07, 6.45) is 4.81. The van der Waals surface area contributed by atoms with E-state index in [2.05, 4.69) is 9.82 Å². The molecule has 0 saturated heterocycles. The molecular weight excluding hydrogens is 344 g/mol.